The molecule has 0 unspecified atom stereocenters. The average Bonchev–Trinajstić information content (AvgIpc) is 2.96. The van der Waals surface area contributed by atoms with E-state index in [1.807, 2.05) is 13.2 Å². The first-order valence-electron chi connectivity index (χ1n) is 9.74. The summed E-state index contributed by atoms with van der Waals surface area (Å²) in [6.45, 7) is 11.4. The zero-order chi connectivity index (χ0) is 19.9. The van der Waals surface area contributed by atoms with Crippen LogP contribution in [0.5, 0.6) is 0 Å². The summed E-state index contributed by atoms with van der Waals surface area (Å²) in [4.78, 5) is 24.1. The lowest BCUT2D eigenvalue weighted by atomic mass is 9.54. The number of aryl methyl sites for hydroxylation is 1. The molecule has 1 heterocycles. The highest BCUT2D eigenvalue weighted by Crippen LogP contribution is 2.54. The molecule has 5 nitrogen and oxygen atoms in total. The number of rotatable bonds is 3. The molecular formula is C22H30O5. The Morgan fingerprint density at radius 2 is 2.00 bits per heavy atom. The summed E-state index contributed by atoms with van der Waals surface area (Å²) >= 11 is 0. The van der Waals surface area contributed by atoms with Crippen LogP contribution in [0.15, 0.2) is 22.3 Å². The molecule has 1 saturated carbocycles. The van der Waals surface area contributed by atoms with Gasteiger partial charge < -0.3 is 13.9 Å². The molecular weight excluding hydrogens is 344 g/mol. The summed E-state index contributed by atoms with van der Waals surface area (Å²) in [5, 5.41) is 0. The Hall–Kier alpha value is -2.04. The van der Waals surface area contributed by atoms with Crippen LogP contribution >= 0.6 is 0 Å². The van der Waals surface area contributed by atoms with Gasteiger partial charge in [-0.25, -0.2) is 4.79 Å². The van der Waals surface area contributed by atoms with Gasteiger partial charge in [0.25, 0.3) is 0 Å². The van der Waals surface area contributed by atoms with Crippen LogP contribution in [0.3, 0.4) is 0 Å². The van der Waals surface area contributed by atoms with Crippen molar-refractivity contribution in [2.24, 2.45) is 17.3 Å². The zero-order valence-electron chi connectivity index (χ0n) is 17.1. The van der Waals surface area contributed by atoms with Crippen molar-refractivity contribution in [3.63, 3.8) is 0 Å². The van der Waals surface area contributed by atoms with Crippen molar-refractivity contribution in [1.29, 1.82) is 0 Å². The van der Waals surface area contributed by atoms with E-state index in [1.54, 1.807) is 13.0 Å². The second-order valence-corrected chi connectivity index (χ2v) is 8.42. The summed E-state index contributed by atoms with van der Waals surface area (Å²) in [5.74, 6) is 0.727. The van der Waals surface area contributed by atoms with E-state index in [0.717, 1.165) is 18.6 Å². The number of hydrogen-bond acceptors (Lipinski definition) is 5. The van der Waals surface area contributed by atoms with Crippen LogP contribution in [0.2, 0.25) is 0 Å². The maximum Gasteiger partial charge on any atom is 0.333 e. The van der Waals surface area contributed by atoms with Crippen LogP contribution in [0.1, 0.15) is 57.9 Å². The van der Waals surface area contributed by atoms with Crippen LogP contribution in [0.25, 0.3) is 0 Å². The van der Waals surface area contributed by atoms with Crippen LogP contribution in [0, 0.1) is 24.2 Å². The number of fused-ring (bicyclic) bond motifs is 2. The lowest BCUT2D eigenvalue weighted by Crippen LogP contribution is -2.56. The third-order valence-corrected chi connectivity index (χ3v) is 6.84. The number of ether oxygens (including phenoxy) is 2. The van der Waals surface area contributed by atoms with E-state index < -0.39 is 12.2 Å². The van der Waals surface area contributed by atoms with Crippen molar-refractivity contribution in [2.75, 3.05) is 0 Å². The molecule has 0 radical (unpaired) electrons. The molecule has 1 fully saturated rings. The number of carbonyl (C=O) groups excluding carboxylic acids is 2. The minimum atomic E-state index is -0.443. The zero-order valence-corrected chi connectivity index (χ0v) is 17.1. The Morgan fingerprint density at radius 1 is 1.30 bits per heavy atom. The minimum Gasteiger partial charge on any atom is -0.469 e. The van der Waals surface area contributed by atoms with Crippen molar-refractivity contribution >= 4 is 11.9 Å². The smallest absolute Gasteiger partial charge is 0.333 e. The molecule has 0 spiro atoms. The molecule has 0 amide bonds. The molecule has 5 atom stereocenters. The largest absolute Gasteiger partial charge is 0.469 e. The van der Waals surface area contributed by atoms with Crippen molar-refractivity contribution in [1.82, 2.24) is 0 Å². The van der Waals surface area contributed by atoms with Crippen LogP contribution in [-0.4, -0.2) is 24.1 Å². The van der Waals surface area contributed by atoms with Gasteiger partial charge >= 0.3 is 11.9 Å². The molecule has 0 bridgehead atoms. The third kappa shape index (κ3) is 3.44. The molecule has 5 heteroatoms. The summed E-state index contributed by atoms with van der Waals surface area (Å²) in [6.07, 6.45) is 5.06. The Kier molecular flexibility index (Phi) is 5.24. The number of allylic oxidation sites excluding steroid dienone is 1. The van der Waals surface area contributed by atoms with Gasteiger partial charge in [-0.3, -0.25) is 4.79 Å². The van der Waals surface area contributed by atoms with Gasteiger partial charge in [0.15, 0.2) is 0 Å². The Bertz CT molecular complexity index is 774. The summed E-state index contributed by atoms with van der Waals surface area (Å²) in [7, 11) is 0. The number of esters is 2. The molecule has 0 aromatic carbocycles. The van der Waals surface area contributed by atoms with Crippen LogP contribution in [0.4, 0.5) is 0 Å². The predicted octanol–water partition coefficient (Wildman–Crippen LogP) is 4.16. The second kappa shape index (κ2) is 7.17. The van der Waals surface area contributed by atoms with Gasteiger partial charge in [-0.1, -0.05) is 19.9 Å². The van der Waals surface area contributed by atoms with E-state index in [2.05, 4.69) is 20.8 Å². The fourth-order valence-corrected chi connectivity index (χ4v) is 4.74. The first kappa shape index (κ1) is 19.7. The second-order valence-electron chi connectivity index (χ2n) is 8.42. The maximum atomic E-state index is 12.4. The Labute approximate surface area is 161 Å². The van der Waals surface area contributed by atoms with Gasteiger partial charge in [-0.15, -0.1) is 0 Å². The summed E-state index contributed by atoms with van der Waals surface area (Å²) < 4.78 is 17.3. The quantitative estimate of drug-likeness (QED) is 0.587. The number of hydrogen-bond donors (Lipinski definition) is 0. The lowest BCUT2D eigenvalue weighted by Gasteiger charge is -2.53. The summed E-state index contributed by atoms with van der Waals surface area (Å²) in [5.41, 5.74) is 2.98. The third-order valence-electron chi connectivity index (χ3n) is 6.84. The van der Waals surface area contributed by atoms with Crippen molar-refractivity contribution < 1.29 is 23.5 Å². The van der Waals surface area contributed by atoms with E-state index in [1.165, 1.54) is 18.1 Å². The van der Waals surface area contributed by atoms with E-state index >= 15 is 0 Å². The maximum absolute atomic E-state index is 12.4. The van der Waals surface area contributed by atoms with Gasteiger partial charge in [0, 0.05) is 24.8 Å². The Morgan fingerprint density at radius 3 is 2.63 bits per heavy atom. The molecule has 0 aliphatic heterocycles. The molecule has 1 aromatic rings. The molecule has 3 rings (SSSR count). The van der Waals surface area contributed by atoms with Crippen LogP contribution in [-0.2, 0) is 31.9 Å². The number of furan rings is 1. The fourth-order valence-electron chi connectivity index (χ4n) is 4.74. The van der Waals surface area contributed by atoms with Gasteiger partial charge in [0.1, 0.15) is 18.0 Å². The normalized spacial score (nSPS) is 33.0. The monoisotopic (exact) mass is 374 g/mol. The topological polar surface area (TPSA) is 65.7 Å². The molecule has 2 aliphatic rings. The highest BCUT2D eigenvalue weighted by atomic mass is 16.6. The fraction of sp³-hybridized carbons (Fsp3) is 0.636. The SMILES string of the molecule is CC=C(C)C(=O)O[C@H]1C[C@H]2Cc3occ(C)c3C[C@]2(C)[C@@H](C)[C@@H]1OC(C)=O. The van der Waals surface area contributed by atoms with E-state index in [-0.39, 0.29) is 23.3 Å². The lowest BCUT2D eigenvalue weighted by molar-refractivity contribution is -0.189. The minimum absolute atomic E-state index is 0.0414. The average molecular weight is 374 g/mol. The van der Waals surface area contributed by atoms with Gasteiger partial charge in [-0.05, 0) is 56.1 Å². The standard InChI is InChI=1S/C22H30O5/c1-7-12(2)21(24)27-19-9-16-8-18-17(13(3)11-25-18)10-22(16,6)14(4)20(19)26-15(5)23/h7,11,14,16,19-20H,8-10H2,1-6H3/t14-,16+,19-,20-,22+/m0/s1. The molecule has 148 valence electrons. The molecule has 1 aromatic heterocycles. The van der Waals surface area contributed by atoms with Crippen LogP contribution < -0.4 is 0 Å². The highest BCUT2D eigenvalue weighted by Gasteiger charge is 2.55. The van der Waals surface area contributed by atoms with Crippen molar-refractivity contribution in [3.8, 4) is 0 Å². The summed E-state index contributed by atoms with van der Waals surface area (Å²) in [6, 6.07) is 0. The van der Waals surface area contributed by atoms with Crippen molar-refractivity contribution in [2.45, 2.75) is 73.0 Å². The predicted molar refractivity (Wildman–Crippen MR) is 101 cm³/mol. The van der Waals surface area contributed by atoms with Gasteiger partial charge in [0.05, 0.1) is 6.26 Å². The Balaban J connectivity index is 1.93. The van der Waals surface area contributed by atoms with Crippen molar-refractivity contribution in [3.05, 3.63) is 34.8 Å². The first-order chi connectivity index (χ1) is 12.7. The van der Waals surface area contributed by atoms with Gasteiger partial charge in [0.2, 0.25) is 0 Å². The molecule has 0 N–H and O–H groups in total. The highest BCUT2D eigenvalue weighted by molar-refractivity contribution is 5.87. The van der Waals surface area contributed by atoms with E-state index in [4.69, 9.17) is 13.9 Å². The van der Waals surface area contributed by atoms with E-state index in [0.29, 0.717) is 17.9 Å². The van der Waals surface area contributed by atoms with E-state index in [9.17, 15) is 9.59 Å². The van der Waals surface area contributed by atoms with Gasteiger partial charge in [-0.2, -0.15) is 0 Å². The first-order valence-corrected chi connectivity index (χ1v) is 9.74. The molecule has 27 heavy (non-hydrogen) atoms. The molecule has 2 aliphatic carbocycles. The number of carbonyl (C=O) groups is 2. The molecule has 0 saturated heterocycles.